The number of thiocarbonyl (C=S) groups is 1. The van der Waals surface area contributed by atoms with Gasteiger partial charge in [0.25, 0.3) is 0 Å². The first-order valence-electron chi connectivity index (χ1n) is 7.30. The molecule has 0 heterocycles. The molecule has 0 aliphatic rings. The number of rotatable bonds is 5. The Morgan fingerprint density at radius 1 is 1.00 bits per heavy atom. The highest BCUT2D eigenvalue weighted by Crippen LogP contribution is 2.09. The van der Waals surface area contributed by atoms with Gasteiger partial charge < -0.3 is 10.6 Å². The maximum Gasteiger partial charge on any atom is 0.170 e. The quantitative estimate of drug-likeness (QED) is 0.638. The van der Waals surface area contributed by atoms with Crippen LogP contribution in [0.4, 0.5) is 5.69 Å². The first-order chi connectivity index (χ1) is 10.1. The molecule has 0 aromatic heterocycles. The van der Waals surface area contributed by atoms with Gasteiger partial charge in [0.15, 0.2) is 5.11 Å². The van der Waals surface area contributed by atoms with Crippen LogP contribution in [0.25, 0.3) is 0 Å². The molecule has 0 spiro atoms. The Labute approximate surface area is 132 Å². The molecular formula is C18H22N2S. The van der Waals surface area contributed by atoms with Crippen LogP contribution in [-0.4, -0.2) is 11.7 Å². The third kappa shape index (κ3) is 5.56. The van der Waals surface area contributed by atoms with Crippen molar-refractivity contribution in [3.63, 3.8) is 0 Å². The van der Waals surface area contributed by atoms with Gasteiger partial charge in [-0.1, -0.05) is 42.0 Å². The lowest BCUT2D eigenvalue weighted by molar-refractivity contribution is 0.777. The SMILES string of the molecule is Cc1ccc(CCCNC(=S)Nc2cccc(C)c2)cc1. The van der Waals surface area contributed by atoms with E-state index in [4.69, 9.17) is 12.2 Å². The molecule has 0 fully saturated rings. The molecule has 0 bridgehead atoms. The normalized spacial score (nSPS) is 10.2. The van der Waals surface area contributed by atoms with Gasteiger partial charge in [-0.2, -0.15) is 0 Å². The zero-order valence-corrected chi connectivity index (χ0v) is 13.5. The molecular weight excluding hydrogens is 276 g/mol. The van der Waals surface area contributed by atoms with Crippen LogP contribution in [0.5, 0.6) is 0 Å². The number of benzene rings is 2. The van der Waals surface area contributed by atoms with E-state index in [0.29, 0.717) is 5.11 Å². The van der Waals surface area contributed by atoms with Crippen molar-refractivity contribution < 1.29 is 0 Å². The fourth-order valence-electron chi connectivity index (χ4n) is 2.15. The van der Waals surface area contributed by atoms with E-state index in [0.717, 1.165) is 25.1 Å². The number of aryl methyl sites for hydroxylation is 3. The van der Waals surface area contributed by atoms with Crippen molar-refractivity contribution >= 4 is 23.0 Å². The van der Waals surface area contributed by atoms with Crippen molar-refractivity contribution in [2.45, 2.75) is 26.7 Å². The van der Waals surface area contributed by atoms with Crippen molar-refractivity contribution in [3.8, 4) is 0 Å². The Bertz CT molecular complexity index is 590. The summed E-state index contributed by atoms with van der Waals surface area (Å²) in [5, 5.41) is 7.15. The van der Waals surface area contributed by atoms with Gasteiger partial charge in [0.2, 0.25) is 0 Å². The van der Waals surface area contributed by atoms with Crippen LogP contribution in [0.3, 0.4) is 0 Å². The summed E-state index contributed by atoms with van der Waals surface area (Å²) < 4.78 is 0. The van der Waals surface area contributed by atoms with Gasteiger partial charge in [0.05, 0.1) is 0 Å². The smallest absolute Gasteiger partial charge is 0.170 e. The van der Waals surface area contributed by atoms with E-state index < -0.39 is 0 Å². The van der Waals surface area contributed by atoms with E-state index in [1.165, 1.54) is 16.7 Å². The molecule has 0 atom stereocenters. The minimum atomic E-state index is 0.685. The predicted molar refractivity (Wildman–Crippen MR) is 94.9 cm³/mol. The largest absolute Gasteiger partial charge is 0.362 e. The maximum atomic E-state index is 5.30. The minimum Gasteiger partial charge on any atom is -0.362 e. The molecule has 0 aliphatic carbocycles. The fraction of sp³-hybridized carbons (Fsp3) is 0.278. The number of hydrogen-bond donors (Lipinski definition) is 2. The Balaban J connectivity index is 1.68. The Kier molecular flexibility index (Phi) is 5.76. The molecule has 3 heteroatoms. The zero-order valence-electron chi connectivity index (χ0n) is 12.6. The highest BCUT2D eigenvalue weighted by atomic mass is 32.1. The summed E-state index contributed by atoms with van der Waals surface area (Å²) >= 11 is 5.30. The summed E-state index contributed by atoms with van der Waals surface area (Å²) in [6, 6.07) is 16.9. The predicted octanol–water partition coefficient (Wildman–Crippen LogP) is 4.22. The van der Waals surface area contributed by atoms with Gasteiger partial charge in [-0.3, -0.25) is 0 Å². The number of hydrogen-bond acceptors (Lipinski definition) is 1. The lowest BCUT2D eigenvalue weighted by Gasteiger charge is -2.11. The minimum absolute atomic E-state index is 0.685. The second kappa shape index (κ2) is 7.79. The summed E-state index contributed by atoms with van der Waals surface area (Å²) in [5.74, 6) is 0. The molecule has 110 valence electrons. The Hall–Kier alpha value is -1.87. The first-order valence-corrected chi connectivity index (χ1v) is 7.71. The molecule has 0 saturated heterocycles. The van der Waals surface area contributed by atoms with E-state index in [2.05, 4.69) is 60.9 Å². The molecule has 0 amide bonds. The highest BCUT2D eigenvalue weighted by molar-refractivity contribution is 7.80. The third-order valence-electron chi connectivity index (χ3n) is 3.32. The third-order valence-corrected chi connectivity index (χ3v) is 3.57. The lowest BCUT2D eigenvalue weighted by atomic mass is 10.1. The molecule has 0 aliphatic heterocycles. The molecule has 0 unspecified atom stereocenters. The standard InChI is InChI=1S/C18H22N2S/c1-14-8-10-16(11-9-14)6-4-12-19-18(21)20-17-7-3-5-15(2)13-17/h3,5,7-11,13H,4,6,12H2,1-2H3,(H2,19,20,21). The lowest BCUT2D eigenvalue weighted by Crippen LogP contribution is -2.29. The van der Waals surface area contributed by atoms with E-state index in [9.17, 15) is 0 Å². The summed E-state index contributed by atoms with van der Waals surface area (Å²) in [5.41, 5.74) is 4.94. The topological polar surface area (TPSA) is 24.1 Å². The Morgan fingerprint density at radius 3 is 2.48 bits per heavy atom. The molecule has 2 aromatic rings. The molecule has 2 nitrogen and oxygen atoms in total. The van der Waals surface area contributed by atoms with Crippen molar-refractivity contribution in [1.29, 1.82) is 0 Å². The molecule has 2 rings (SSSR count). The number of nitrogens with one attached hydrogen (secondary N) is 2. The van der Waals surface area contributed by atoms with Crippen LogP contribution >= 0.6 is 12.2 Å². The van der Waals surface area contributed by atoms with Crippen LogP contribution in [0.2, 0.25) is 0 Å². The second-order valence-electron chi connectivity index (χ2n) is 5.34. The molecule has 0 saturated carbocycles. The fourth-order valence-corrected chi connectivity index (χ4v) is 2.37. The molecule has 0 radical (unpaired) electrons. The van der Waals surface area contributed by atoms with Crippen molar-refractivity contribution in [1.82, 2.24) is 5.32 Å². The molecule has 2 N–H and O–H groups in total. The van der Waals surface area contributed by atoms with Gasteiger partial charge in [-0.15, -0.1) is 0 Å². The second-order valence-corrected chi connectivity index (χ2v) is 5.75. The van der Waals surface area contributed by atoms with Crippen LogP contribution < -0.4 is 10.6 Å². The first kappa shape index (κ1) is 15.5. The zero-order chi connectivity index (χ0) is 15.1. The van der Waals surface area contributed by atoms with Crippen LogP contribution in [0.15, 0.2) is 48.5 Å². The van der Waals surface area contributed by atoms with E-state index >= 15 is 0 Å². The van der Waals surface area contributed by atoms with Crippen LogP contribution in [0, 0.1) is 13.8 Å². The average molecular weight is 298 g/mol. The van der Waals surface area contributed by atoms with Crippen LogP contribution in [-0.2, 0) is 6.42 Å². The monoisotopic (exact) mass is 298 g/mol. The highest BCUT2D eigenvalue weighted by Gasteiger charge is 1.98. The van der Waals surface area contributed by atoms with Gasteiger partial charge in [-0.25, -0.2) is 0 Å². The molecule has 21 heavy (non-hydrogen) atoms. The Morgan fingerprint density at radius 2 is 1.76 bits per heavy atom. The van der Waals surface area contributed by atoms with Gasteiger partial charge in [-0.05, 0) is 62.2 Å². The number of anilines is 1. The van der Waals surface area contributed by atoms with Gasteiger partial charge >= 0.3 is 0 Å². The maximum absolute atomic E-state index is 5.30. The van der Waals surface area contributed by atoms with Crippen molar-refractivity contribution in [3.05, 3.63) is 65.2 Å². The summed E-state index contributed by atoms with van der Waals surface area (Å²) in [4.78, 5) is 0. The molecule has 2 aromatic carbocycles. The van der Waals surface area contributed by atoms with E-state index in [1.54, 1.807) is 0 Å². The summed E-state index contributed by atoms with van der Waals surface area (Å²) in [6.07, 6.45) is 2.14. The van der Waals surface area contributed by atoms with Gasteiger partial charge in [0, 0.05) is 12.2 Å². The average Bonchev–Trinajstić information content (AvgIpc) is 2.45. The van der Waals surface area contributed by atoms with Gasteiger partial charge in [0.1, 0.15) is 0 Å². The van der Waals surface area contributed by atoms with Crippen molar-refractivity contribution in [2.75, 3.05) is 11.9 Å². The van der Waals surface area contributed by atoms with E-state index in [-0.39, 0.29) is 0 Å². The summed E-state index contributed by atoms with van der Waals surface area (Å²) in [7, 11) is 0. The van der Waals surface area contributed by atoms with Crippen molar-refractivity contribution in [2.24, 2.45) is 0 Å². The van der Waals surface area contributed by atoms with Crippen LogP contribution in [0.1, 0.15) is 23.1 Å². The summed E-state index contributed by atoms with van der Waals surface area (Å²) in [6.45, 7) is 5.06. The van der Waals surface area contributed by atoms with E-state index in [1.807, 2.05) is 12.1 Å².